The van der Waals surface area contributed by atoms with Gasteiger partial charge in [0.25, 0.3) is 5.69 Å². The van der Waals surface area contributed by atoms with E-state index in [0.717, 1.165) is 10.9 Å². The van der Waals surface area contributed by atoms with Gasteiger partial charge in [0.1, 0.15) is 5.56 Å². The highest BCUT2D eigenvalue weighted by Crippen LogP contribution is 2.39. The zero-order chi connectivity index (χ0) is 13.9. The molecule has 19 heavy (non-hydrogen) atoms. The van der Waals surface area contributed by atoms with E-state index in [1.807, 2.05) is 13.0 Å². The molecule has 0 aromatic heterocycles. The van der Waals surface area contributed by atoms with Crippen LogP contribution in [0.15, 0.2) is 18.2 Å². The van der Waals surface area contributed by atoms with E-state index in [1.54, 1.807) is 13.0 Å². The second-order valence-electron chi connectivity index (χ2n) is 4.74. The minimum atomic E-state index is -0.780. The first kappa shape index (κ1) is 11.5. The molecule has 2 aromatic carbocycles. The number of nitro benzene ring substituents is 1. The molecule has 0 fully saturated rings. The molecule has 1 aliphatic carbocycles. The van der Waals surface area contributed by atoms with Gasteiger partial charge < -0.3 is 0 Å². The molecule has 0 atom stereocenters. The van der Waals surface area contributed by atoms with E-state index in [0.29, 0.717) is 10.9 Å². The molecule has 0 spiro atoms. The number of aryl methyl sites for hydroxylation is 2. The molecule has 0 aliphatic heterocycles. The van der Waals surface area contributed by atoms with Gasteiger partial charge in [0.2, 0.25) is 11.6 Å². The average molecular weight is 255 g/mol. The number of rotatable bonds is 1. The van der Waals surface area contributed by atoms with Crippen molar-refractivity contribution in [2.24, 2.45) is 0 Å². The molecule has 0 N–H and O–H groups in total. The Balaban J connectivity index is 2.61. The summed E-state index contributed by atoms with van der Waals surface area (Å²) in [6.45, 7) is 3.56. The van der Waals surface area contributed by atoms with Crippen LogP contribution in [0.4, 0.5) is 5.69 Å². The third kappa shape index (κ3) is 1.35. The quantitative estimate of drug-likeness (QED) is 0.446. The predicted molar refractivity (Wildman–Crippen MR) is 68.7 cm³/mol. The molecule has 5 heteroatoms. The van der Waals surface area contributed by atoms with Gasteiger partial charge in [0.15, 0.2) is 0 Å². The van der Waals surface area contributed by atoms with Gasteiger partial charge in [-0.3, -0.25) is 19.7 Å². The van der Waals surface area contributed by atoms with Crippen LogP contribution >= 0.6 is 0 Å². The summed E-state index contributed by atoms with van der Waals surface area (Å²) in [7, 11) is 0. The summed E-state index contributed by atoms with van der Waals surface area (Å²) in [5.74, 6) is -1.44. The zero-order valence-corrected chi connectivity index (χ0v) is 10.3. The molecule has 0 bridgehead atoms. The first-order valence-electron chi connectivity index (χ1n) is 5.73. The topological polar surface area (TPSA) is 77.3 Å². The SMILES string of the molecule is Cc1cc2c3c(c([N+](=O)[O-])cc(C)c3c1)C(=O)C2=O. The average Bonchev–Trinajstić information content (AvgIpc) is 2.59. The number of nitro groups is 1. The number of carbonyl (C=O) groups excluding carboxylic acids is 2. The third-order valence-corrected chi connectivity index (χ3v) is 3.44. The third-order valence-electron chi connectivity index (χ3n) is 3.44. The van der Waals surface area contributed by atoms with Crippen LogP contribution in [-0.4, -0.2) is 16.5 Å². The van der Waals surface area contributed by atoms with Gasteiger partial charge in [-0.15, -0.1) is 0 Å². The Morgan fingerprint density at radius 2 is 1.74 bits per heavy atom. The Kier molecular flexibility index (Phi) is 2.11. The van der Waals surface area contributed by atoms with Gasteiger partial charge in [-0.2, -0.15) is 0 Å². The number of hydrogen-bond acceptors (Lipinski definition) is 4. The monoisotopic (exact) mass is 255 g/mol. The second kappa shape index (κ2) is 3.47. The van der Waals surface area contributed by atoms with Crippen LogP contribution in [0.25, 0.3) is 10.8 Å². The molecule has 94 valence electrons. The lowest BCUT2D eigenvalue weighted by molar-refractivity contribution is -0.385. The van der Waals surface area contributed by atoms with E-state index in [-0.39, 0.29) is 16.8 Å². The van der Waals surface area contributed by atoms with Crippen molar-refractivity contribution < 1.29 is 14.5 Å². The highest BCUT2D eigenvalue weighted by atomic mass is 16.6. The predicted octanol–water partition coefficient (Wildman–Crippen LogP) is 2.74. The normalized spacial score (nSPS) is 13.4. The lowest BCUT2D eigenvalue weighted by Crippen LogP contribution is -2.08. The maximum atomic E-state index is 12.0. The number of benzene rings is 2. The van der Waals surface area contributed by atoms with E-state index < -0.39 is 16.5 Å². The van der Waals surface area contributed by atoms with Gasteiger partial charge in [0, 0.05) is 17.0 Å². The maximum absolute atomic E-state index is 12.0. The Morgan fingerprint density at radius 1 is 1.05 bits per heavy atom. The second-order valence-corrected chi connectivity index (χ2v) is 4.74. The Hall–Kier alpha value is -2.56. The van der Waals surface area contributed by atoms with Crippen molar-refractivity contribution in [3.05, 3.63) is 50.6 Å². The standard InChI is InChI=1S/C14H9NO4/c1-6-3-8-7(2)5-10(15(18)19)12-11(8)9(4-6)13(16)14(12)17/h3-5H,1-2H3. The van der Waals surface area contributed by atoms with Crippen LogP contribution in [-0.2, 0) is 0 Å². The molecule has 5 nitrogen and oxygen atoms in total. The van der Waals surface area contributed by atoms with Crippen molar-refractivity contribution in [1.29, 1.82) is 0 Å². The van der Waals surface area contributed by atoms with Gasteiger partial charge in [-0.1, -0.05) is 6.07 Å². The Labute approximate surface area is 108 Å². The fourth-order valence-electron chi connectivity index (χ4n) is 2.64. The van der Waals surface area contributed by atoms with Crippen LogP contribution in [0, 0.1) is 24.0 Å². The van der Waals surface area contributed by atoms with E-state index in [4.69, 9.17) is 0 Å². The Bertz CT molecular complexity index is 805. The van der Waals surface area contributed by atoms with Crippen molar-refractivity contribution in [1.82, 2.24) is 0 Å². The fourth-order valence-corrected chi connectivity index (χ4v) is 2.64. The van der Waals surface area contributed by atoms with E-state index in [1.165, 1.54) is 6.07 Å². The number of Topliss-reactive ketones (excluding diaryl/α,β-unsaturated/α-hetero) is 2. The van der Waals surface area contributed by atoms with Crippen LogP contribution in [0.1, 0.15) is 31.8 Å². The van der Waals surface area contributed by atoms with Gasteiger partial charge in [-0.25, -0.2) is 0 Å². The minimum absolute atomic E-state index is 0.0643. The van der Waals surface area contributed by atoms with Gasteiger partial charge in [0.05, 0.1) is 4.92 Å². The summed E-state index contributed by atoms with van der Waals surface area (Å²) >= 11 is 0. The lowest BCUT2D eigenvalue weighted by atomic mass is 9.97. The van der Waals surface area contributed by atoms with Crippen molar-refractivity contribution in [2.45, 2.75) is 13.8 Å². The van der Waals surface area contributed by atoms with E-state index in [9.17, 15) is 19.7 Å². The van der Waals surface area contributed by atoms with Crippen molar-refractivity contribution in [3.63, 3.8) is 0 Å². The highest BCUT2D eigenvalue weighted by molar-refractivity contribution is 6.58. The molecular formula is C14H9NO4. The summed E-state index contributed by atoms with van der Waals surface area (Å²) in [5, 5.41) is 12.2. The van der Waals surface area contributed by atoms with Crippen LogP contribution in [0.5, 0.6) is 0 Å². The summed E-state index contributed by atoms with van der Waals surface area (Å²) < 4.78 is 0. The highest BCUT2D eigenvalue weighted by Gasteiger charge is 2.37. The molecule has 0 radical (unpaired) electrons. The minimum Gasteiger partial charge on any atom is -0.285 e. The van der Waals surface area contributed by atoms with E-state index >= 15 is 0 Å². The summed E-state index contributed by atoms with van der Waals surface area (Å²) in [5.41, 5.74) is 1.48. The number of ketones is 2. The molecule has 1 aliphatic rings. The zero-order valence-electron chi connectivity index (χ0n) is 10.3. The first-order chi connectivity index (χ1) is 8.91. The number of carbonyl (C=O) groups is 2. The van der Waals surface area contributed by atoms with Crippen molar-refractivity contribution in [3.8, 4) is 0 Å². The van der Waals surface area contributed by atoms with Crippen LogP contribution in [0.2, 0.25) is 0 Å². The molecule has 2 aromatic rings. The summed E-state index contributed by atoms with van der Waals surface area (Å²) in [6, 6.07) is 4.81. The van der Waals surface area contributed by atoms with E-state index in [2.05, 4.69) is 0 Å². The van der Waals surface area contributed by atoms with Crippen LogP contribution < -0.4 is 0 Å². The Morgan fingerprint density at radius 3 is 2.37 bits per heavy atom. The molecule has 0 unspecified atom stereocenters. The van der Waals surface area contributed by atoms with Crippen molar-refractivity contribution >= 4 is 28.0 Å². The summed E-state index contributed by atoms with van der Waals surface area (Å²) in [4.78, 5) is 34.4. The van der Waals surface area contributed by atoms with Gasteiger partial charge in [-0.05, 0) is 36.4 Å². The van der Waals surface area contributed by atoms with Crippen LogP contribution in [0.3, 0.4) is 0 Å². The first-order valence-corrected chi connectivity index (χ1v) is 5.73. The fraction of sp³-hybridized carbons (Fsp3) is 0.143. The molecule has 0 saturated heterocycles. The van der Waals surface area contributed by atoms with Gasteiger partial charge >= 0.3 is 0 Å². The summed E-state index contributed by atoms with van der Waals surface area (Å²) in [6.07, 6.45) is 0. The van der Waals surface area contributed by atoms with Crippen molar-refractivity contribution in [2.75, 3.05) is 0 Å². The molecule has 0 heterocycles. The largest absolute Gasteiger partial charge is 0.285 e. The molecule has 0 amide bonds. The number of hydrogen-bond donors (Lipinski definition) is 0. The smallest absolute Gasteiger partial charge is 0.281 e. The molecule has 0 saturated carbocycles. The maximum Gasteiger partial charge on any atom is 0.281 e. The lowest BCUT2D eigenvalue weighted by Gasteiger charge is -2.06. The number of nitrogens with zero attached hydrogens (tertiary/aromatic N) is 1. The molecular weight excluding hydrogens is 246 g/mol. The molecule has 3 rings (SSSR count).